The van der Waals surface area contributed by atoms with Crippen LogP contribution in [0.2, 0.25) is 0 Å². The van der Waals surface area contributed by atoms with Crippen molar-refractivity contribution in [3.8, 4) is 0 Å². The molecule has 1 atom stereocenters. The molecule has 0 spiro atoms. The van der Waals surface area contributed by atoms with E-state index in [1.165, 1.54) is 12.1 Å². The number of halogens is 2. The summed E-state index contributed by atoms with van der Waals surface area (Å²) in [6, 6.07) is 3.58. The Labute approximate surface area is 101 Å². The van der Waals surface area contributed by atoms with E-state index in [0.29, 0.717) is 12.0 Å². The largest absolute Gasteiger partial charge is 0.324 e. The van der Waals surface area contributed by atoms with Crippen molar-refractivity contribution in [3.05, 3.63) is 35.4 Å². The molecule has 0 heterocycles. The van der Waals surface area contributed by atoms with Gasteiger partial charge in [-0.3, -0.25) is 0 Å². The molecule has 0 bridgehead atoms. The molecule has 1 aromatic rings. The minimum Gasteiger partial charge on any atom is -0.324 e. The summed E-state index contributed by atoms with van der Waals surface area (Å²) in [6.45, 7) is 4.22. The summed E-state index contributed by atoms with van der Waals surface area (Å²) in [7, 11) is 0. The van der Waals surface area contributed by atoms with E-state index < -0.39 is 11.4 Å². The topological polar surface area (TPSA) is 26.0 Å². The van der Waals surface area contributed by atoms with E-state index >= 15 is 0 Å². The molecule has 0 saturated heterocycles. The van der Waals surface area contributed by atoms with Crippen LogP contribution in [0.1, 0.15) is 38.7 Å². The van der Waals surface area contributed by atoms with Gasteiger partial charge < -0.3 is 5.73 Å². The van der Waals surface area contributed by atoms with Crippen molar-refractivity contribution in [1.82, 2.24) is 0 Å². The zero-order chi connectivity index (χ0) is 12.7. The van der Waals surface area contributed by atoms with Gasteiger partial charge in [-0.2, -0.15) is 0 Å². The first kappa shape index (κ1) is 12.5. The molecule has 1 unspecified atom stereocenters. The number of hydrogen-bond acceptors (Lipinski definition) is 1. The van der Waals surface area contributed by atoms with Crippen LogP contribution in [0.15, 0.2) is 18.2 Å². The third kappa shape index (κ3) is 2.21. The normalized spacial score (nSPS) is 27.4. The fraction of sp³-hybridized carbons (Fsp3) is 0.571. The third-order valence-corrected chi connectivity index (χ3v) is 4.29. The van der Waals surface area contributed by atoms with Gasteiger partial charge in [0, 0.05) is 5.54 Å². The van der Waals surface area contributed by atoms with Crippen LogP contribution in [-0.2, 0) is 6.42 Å². The predicted molar refractivity (Wildman–Crippen MR) is 64.6 cm³/mol. The van der Waals surface area contributed by atoms with Gasteiger partial charge in [-0.25, -0.2) is 8.78 Å². The van der Waals surface area contributed by atoms with Crippen molar-refractivity contribution in [2.45, 2.75) is 45.1 Å². The molecule has 1 aromatic carbocycles. The zero-order valence-corrected chi connectivity index (χ0v) is 10.4. The highest BCUT2D eigenvalue weighted by Crippen LogP contribution is 2.46. The Bertz CT molecular complexity index is 428. The average Bonchev–Trinajstić information content (AvgIpc) is 2.47. The molecule has 2 N–H and O–H groups in total. The molecule has 1 aliphatic carbocycles. The van der Waals surface area contributed by atoms with Crippen molar-refractivity contribution in [3.63, 3.8) is 0 Å². The molecule has 0 amide bonds. The zero-order valence-electron chi connectivity index (χ0n) is 10.4. The number of benzene rings is 1. The van der Waals surface area contributed by atoms with Crippen LogP contribution in [0.4, 0.5) is 8.78 Å². The Morgan fingerprint density at radius 2 is 1.94 bits per heavy atom. The van der Waals surface area contributed by atoms with Gasteiger partial charge in [0.15, 0.2) is 0 Å². The Hall–Kier alpha value is -0.960. The summed E-state index contributed by atoms with van der Waals surface area (Å²) in [4.78, 5) is 0. The second-order valence-electron chi connectivity index (χ2n) is 5.81. The highest BCUT2D eigenvalue weighted by Gasteiger charge is 2.45. The average molecular weight is 239 g/mol. The highest BCUT2D eigenvalue weighted by molar-refractivity contribution is 5.23. The van der Waals surface area contributed by atoms with Gasteiger partial charge in [0.25, 0.3) is 0 Å². The molecular weight excluding hydrogens is 220 g/mol. The first-order chi connectivity index (χ1) is 7.84. The quantitative estimate of drug-likeness (QED) is 0.840. The summed E-state index contributed by atoms with van der Waals surface area (Å²) in [5.41, 5.74) is 6.34. The SMILES string of the molecule is CC1(C)CCCC1(N)Cc1cc(F)ccc1F. The van der Waals surface area contributed by atoms with Crippen LogP contribution >= 0.6 is 0 Å². The van der Waals surface area contributed by atoms with E-state index in [-0.39, 0.29) is 11.2 Å². The van der Waals surface area contributed by atoms with Gasteiger partial charge >= 0.3 is 0 Å². The predicted octanol–water partition coefficient (Wildman–Crippen LogP) is 3.41. The fourth-order valence-corrected chi connectivity index (χ4v) is 2.78. The van der Waals surface area contributed by atoms with Crippen LogP contribution in [-0.4, -0.2) is 5.54 Å². The van der Waals surface area contributed by atoms with E-state index in [1.54, 1.807) is 0 Å². The molecule has 2 rings (SSSR count). The van der Waals surface area contributed by atoms with Crippen LogP contribution in [0.5, 0.6) is 0 Å². The lowest BCUT2D eigenvalue weighted by Gasteiger charge is -2.38. The molecule has 1 aliphatic rings. The van der Waals surface area contributed by atoms with Crippen molar-refractivity contribution in [2.75, 3.05) is 0 Å². The fourth-order valence-electron chi connectivity index (χ4n) is 2.78. The summed E-state index contributed by atoms with van der Waals surface area (Å²) >= 11 is 0. The Kier molecular flexibility index (Phi) is 2.98. The molecule has 0 aromatic heterocycles. The lowest BCUT2D eigenvalue weighted by Crippen LogP contribution is -2.50. The summed E-state index contributed by atoms with van der Waals surface area (Å²) in [5.74, 6) is -0.764. The van der Waals surface area contributed by atoms with Gasteiger partial charge in [-0.15, -0.1) is 0 Å². The maximum absolute atomic E-state index is 13.6. The Balaban J connectivity index is 2.29. The molecule has 3 heteroatoms. The van der Waals surface area contributed by atoms with Gasteiger partial charge in [0.1, 0.15) is 11.6 Å². The lowest BCUT2D eigenvalue weighted by atomic mass is 9.72. The second kappa shape index (κ2) is 4.05. The van der Waals surface area contributed by atoms with E-state index in [2.05, 4.69) is 13.8 Å². The monoisotopic (exact) mass is 239 g/mol. The molecule has 1 saturated carbocycles. The van der Waals surface area contributed by atoms with Crippen molar-refractivity contribution >= 4 is 0 Å². The standard InChI is InChI=1S/C14H19F2N/c1-13(2)6-3-7-14(13,17)9-10-8-11(15)4-5-12(10)16/h4-5,8H,3,6-7,9,17H2,1-2H3. The number of nitrogens with two attached hydrogens (primary N) is 1. The Morgan fingerprint density at radius 3 is 2.53 bits per heavy atom. The van der Waals surface area contributed by atoms with E-state index in [9.17, 15) is 8.78 Å². The maximum Gasteiger partial charge on any atom is 0.126 e. The van der Waals surface area contributed by atoms with Crippen molar-refractivity contribution in [2.24, 2.45) is 11.1 Å². The minimum atomic E-state index is -0.429. The van der Waals surface area contributed by atoms with Gasteiger partial charge in [-0.05, 0) is 48.4 Å². The van der Waals surface area contributed by atoms with E-state index in [1.807, 2.05) is 0 Å². The first-order valence-corrected chi connectivity index (χ1v) is 6.07. The van der Waals surface area contributed by atoms with Crippen LogP contribution in [0, 0.1) is 17.0 Å². The third-order valence-electron chi connectivity index (χ3n) is 4.29. The highest BCUT2D eigenvalue weighted by atomic mass is 19.1. The van der Waals surface area contributed by atoms with Crippen LogP contribution in [0.3, 0.4) is 0 Å². The number of rotatable bonds is 2. The van der Waals surface area contributed by atoms with Gasteiger partial charge in [0.05, 0.1) is 0 Å². The minimum absolute atomic E-state index is 0.0221. The molecule has 17 heavy (non-hydrogen) atoms. The van der Waals surface area contributed by atoms with Crippen LogP contribution < -0.4 is 5.73 Å². The maximum atomic E-state index is 13.6. The number of hydrogen-bond donors (Lipinski definition) is 1. The van der Waals surface area contributed by atoms with Crippen LogP contribution in [0.25, 0.3) is 0 Å². The summed E-state index contributed by atoms with van der Waals surface area (Å²) < 4.78 is 26.8. The van der Waals surface area contributed by atoms with Gasteiger partial charge in [0.2, 0.25) is 0 Å². The van der Waals surface area contributed by atoms with E-state index in [4.69, 9.17) is 5.73 Å². The first-order valence-electron chi connectivity index (χ1n) is 6.07. The lowest BCUT2D eigenvalue weighted by molar-refractivity contribution is 0.205. The molecule has 0 radical (unpaired) electrons. The van der Waals surface area contributed by atoms with Gasteiger partial charge in [-0.1, -0.05) is 20.3 Å². The second-order valence-corrected chi connectivity index (χ2v) is 5.81. The van der Waals surface area contributed by atoms with E-state index in [0.717, 1.165) is 25.3 Å². The van der Waals surface area contributed by atoms with Crippen molar-refractivity contribution < 1.29 is 8.78 Å². The summed E-state index contributed by atoms with van der Waals surface area (Å²) in [5, 5.41) is 0. The molecule has 0 aliphatic heterocycles. The Morgan fingerprint density at radius 1 is 1.24 bits per heavy atom. The molecule has 94 valence electrons. The molecular formula is C14H19F2N. The molecule has 1 nitrogen and oxygen atoms in total. The molecule has 1 fully saturated rings. The van der Waals surface area contributed by atoms with Crippen molar-refractivity contribution in [1.29, 1.82) is 0 Å². The smallest absolute Gasteiger partial charge is 0.126 e. The summed E-state index contributed by atoms with van der Waals surface area (Å²) in [6.07, 6.45) is 3.38.